The predicted molar refractivity (Wildman–Crippen MR) is 142 cm³/mol. The maximum absolute atomic E-state index is 14.1. The van der Waals surface area contributed by atoms with Gasteiger partial charge in [0.15, 0.2) is 5.78 Å². The molecule has 3 aliphatic rings. The Kier molecular flexibility index (Phi) is 5.85. The Bertz CT molecular complexity index is 1570. The van der Waals surface area contributed by atoms with Crippen molar-refractivity contribution in [3.8, 4) is 0 Å². The number of benzene rings is 3. The third-order valence-corrected chi connectivity index (χ3v) is 8.02. The zero-order valence-corrected chi connectivity index (χ0v) is 21.5. The smallest absolute Gasteiger partial charge is 0.339 e. The number of imide groups is 1. The molecule has 2 fully saturated rings. The quantitative estimate of drug-likeness (QED) is 0.255. The Labute approximate surface area is 228 Å². The van der Waals surface area contributed by atoms with Crippen molar-refractivity contribution >= 4 is 58.5 Å². The van der Waals surface area contributed by atoms with Gasteiger partial charge in [0, 0.05) is 16.8 Å². The lowest BCUT2D eigenvalue weighted by Gasteiger charge is -2.35. The standard InChI is InChI=1S/C29H20Cl2N2O5/c1-38-29(37)19-8-4-5-9-21(19)33-27(35)22-23(28(33)36)25(26(34)18-11-10-16(30)14-20(18)31)32-13-12-15-6-2-3-7-17(15)24(22)32/h2-14,22-25H,1H3. The molecule has 4 atom stereocenters. The van der Waals surface area contributed by atoms with Crippen molar-refractivity contribution in [1.29, 1.82) is 0 Å². The minimum absolute atomic E-state index is 0.0843. The molecule has 0 saturated carbocycles. The predicted octanol–water partition coefficient (Wildman–Crippen LogP) is 5.18. The second-order valence-electron chi connectivity index (χ2n) is 9.34. The number of ketones is 1. The summed E-state index contributed by atoms with van der Waals surface area (Å²) < 4.78 is 4.89. The van der Waals surface area contributed by atoms with E-state index in [9.17, 15) is 19.2 Å². The van der Waals surface area contributed by atoms with Gasteiger partial charge in [0.1, 0.15) is 6.04 Å². The van der Waals surface area contributed by atoms with Crippen molar-refractivity contribution in [3.05, 3.63) is 105 Å². The molecule has 0 bridgehead atoms. The lowest BCUT2D eigenvalue weighted by Crippen LogP contribution is -2.44. The maximum atomic E-state index is 14.1. The number of halogens is 2. The van der Waals surface area contributed by atoms with E-state index in [0.29, 0.717) is 5.02 Å². The van der Waals surface area contributed by atoms with Crippen LogP contribution in [0.3, 0.4) is 0 Å². The molecule has 0 aliphatic carbocycles. The summed E-state index contributed by atoms with van der Waals surface area (Å²) in [6.45, 7) is 0. The van der Waals surface area contributed by atoms with Gasteiger partial charge in [-0.3, -0.25) is 14.4 Å². The molecule has 4 unspecified atom stereocenters. The highest BCUT2D eigenvalue weighted by Crippen LogP contribution is 2.54. The first-order valence-electron chi connectivity index (χ1n) is 11.9. The number of hydrogen-bond donors (Lipinski definition) is 0. The first kappa shape index (κ1) is 24.4. The van der Waals surface area contributed by atoms with Gasteiger partial charge in [-0.2, -0.15) is 0 Å². The second kappa shape index (κ2) is 9.11. The Morgan fingerprint density at radius 2 is 1.58 bits per heavy atom. The van der Waals surface area contributed by atoms with Gasteiger partial charge in [-0.15, -0.1) is 0 Å². The first-order valence-corrected chi connectivity index (χ1v) is 12.7. The number of nitrogens with zero attached hydrogens (tertiary/aromatic N) is 2. The van der Waals surface area contributed by atoms with Gasteiger partial charge in [0.05, 0.1) is 41.3 Å². The number of anilines is 1. The molecule has 38 heavy (non-hydrogen) atoms. The van der Waals surface area contributed by atoms with Crippen LogP contribution in [0.25, 0.3) is 6.08 Å². The first-order chi connectivity index (χ1) is 18.3. The van der Waals surface area contributed by atoms with Crippen LogP contribution in [0.4, 0.5) is 5.69 Å². The summed E-state index contributed by atoms with van der Waals surface area (Å²) in [5, 5.41) is 0.534. The summed E-state index contributed by atoms with van der Waals surface area (Å²) in [6, 6.07) is 16.9. The highest BCUT2D eigenvalue weighted by atomic mass is 35.5. The maximum Gasteiger partial charge on any atom is 0.339 e. The van der Waals surface area contributed by atoms with Crippen molar-refractivity contribution in [2.75, 3.05) is 12.0 Å². The van der Waals surface area contributed by atoms with Crippen LogP contribution in [0.5, 0.6) is 0 Å². The fourth-order valence-electron chi connectivity index (χ4n) is 5.89. The van der Waals surface area contributed by atoms with Gasteiger partial charge in [-0.05, 0) is 47.5 Å². The molecule has 7 nitrogen and oxygen atoms in total. The highest BCUT2D eigenvalue weighted by molar-refractivity contribution is 6.37. The number of ether oxygens (including phenoxy) is 1. The summed E-state index contributed by atoms with van der Waals surface area (Å²) in [5.74, 6) is -3.97. The van der Waals surface area contributed by atoms with Crippen LogP contribution >= 0.6 is 23.2 Å². The van der Waals surface area contributed by atoms with Crippen molar-refractivity contribution in [2.24, 2.45) is 11.8 Å². The van der Waals surface area contributed by atoms with E-state index in [-0.39, 0.29) is 21.8 Å². The number of hydrogen-bond acceptors (Lipinski definition) is 6. The van der Waals surface area contributed by atoms with Crippen LogP contribution in [0.1, 0.15) is 37.9 Å². The molecule has 0 N–H and O–H groups in total. The topological polar surface area (TPSA) is 84.0 Å². The fourth-order valence-corrected chi connectivity index (χ4v) is 6.40. The molecule has 0 spiro atoms. The van der Waals surface area contributed by atoms with E-state index >= 15 is 0 Å². The zero-order valence-electron chi connectivity index (χ0n) is 20.0. The average Bonchev–Trinajstić information content (AvgIpc) is 3.40. The second-order valence-corrected chi connectivity index (χ2v) is 10.2. The van der Waals surface area contributed by atoms with Gasteiger partial charge in [0.2, 0.25) is 11.8 Å². The lowest BCUT2D eigenvalue weighted by molar-refractivity contribution is -0.123. The molecular weight excluding hydrogens is 527 g/mol. The van der Waals surface area contributed by atoms with Gasteiger partial charge >= 0.3 is 5.97 Å². The highest BCUT2D eigenvalue weighted by Gasteiger charge is 2.64. The van der Waals surface area contributed by atoms with Gasteiger partial charge in [-0.25, -0.2) is 9.69 Å². The summed E-state index contributed by atoms with van der Waals surface area (Å²) in [4.78, 5) is 57.6. The Morgan fingerprint density at radius 1 is 0.868 bits per heavy atom. The SMILES string of the molecule is COC(=O)c1ccccc1N1C(=O)C2C(C1=O)C1c3ccccc3C=CN1C2C(=O)c1ccc(Cl)cc1Cl. The number of fused-ring (bicyclic) bond motifs is 5. The summed E-state index contributed by atoms with van der Waals surface area (Å²) in [7, 11) is 1.23. The van der Waals surface area contributed by atoms with Gasteiger partial charge < -0.3 is 9.64 Å². The van der Waals surface area contributed by atoms with Gasteiger partial charge in [-0.1, -0.05) is 59.6 Å². The van der Waals surface area contributed by atoms with E-state index in [1.807, 2.05) is 30.3 Å². The normalized spacial score (nSPS) is 23.2. The summed E-state index contributed by atoms with van der Waals surface area (Å²) >= 11 is 12.5. The lowest BCUT2D eigenvalue weighted by atomic mass is 9.83. The summed E-state index contributed by atoms with van der Waals surface area (Å²) in [6.07, 6.45) is 3.64. The molecule has 0 aromatic heterocycles. The molecule has 3 aliphatic heterocycles. The van der Waals surface area contributed by atoms with Crippen LogP contribution in [0, 0.1) is 11.8 Å². The number of carbonyl (C=O) groups excluding carboxylic acids is 4. The molecule has 2 saturated heterocycles. The Balaban J connectivity index is 1.52. The number of para-hydroxylation sites is 1. The molecule has 3 aromatic rings. The molecule has 0 radical (unpaired) electrons. The van der Waals surface area contributed by atoms with Crippen LogP contribution in [-0.4, -0.2) is 41.6 Å². The van der Waals surface area contributed by atoms with E-state index in [2.05, 4.69) is 0 Å². The Hall–Kier alpha value is -3.94. The molecule has 3 heterocycles. The molecule has 6 rings (SSSR count). The number of Topliss-reactive ketones (excluding diaryl/α,β-unsaturated/α-hetero) is 1. The van der Waals surface area contributed by atoms with Crippen LogP contribution in [0.2, 0.25) is 10.0 Å². The van der Waals surface area contributed by atoms with E-state index in [0.717, 1.165) is 16.0 Å². The van der Waals surface area contributed by atoms with Gasteiger partial charge in [0.25, 0.3) is 0 Å². The Morgan fingerprint density at radius 3 is 2.34 bits per heavy atom. The molecule has 190 valence electrons. The minimum Gasteiger partial charge on any atom is -0.465 e. The number of esters is 1. The van der Waals surface area contributed by atoms with Crippen LogP contribution in [-0.2, 0) is 14.3 Å². The largest absolute Gasteiger partial charge is 0.465 e. The number of rotatable bonds is 4. The van der Waals surface area contributed by atoms with E-state index in [1.165, 1.54) is 31.4 Å². The molecule has 3 aromatic carbocycles. The van der Waals surface area contributed by atoms with E-state index in [1.54, 1.807) is 29.3 Å². The van der Waals surface area contributed by atoms with Crippen molar-refractivity contribution in [2.45, 2.75) is 12.1 Å². The molecule has 9 heteroatoms. The van der Waals surface area contributed by atoms with Crippen LogP contribution < -0.4 is 4.90 Å². The third kappa shape index (κ3) is 3.50. The molecule has 2 amide bonds. The number of amides is 2. The van der Waals surface area contributed by atoms with Crippen molar-refractivity contribution in [3.63, 3.8) is 0 Å². The zero-order chi connectivity index (χ0) is 26.7. The molecular formula is C29H20Cl2N2O5. The minimum atomic E-state index is -1.01. The monoisotopic (exact) mass is 546 g/mol. The van der Waals surface area contributed by atoms with Crippen molar-refractivity contribution in [1.82, 2.24) is 4.90 Å². The van der Waals surface area contributed by atoms with E-state index in [4.69, 9.17) is 27.9 Å². The number of methoxy groups -OCH3 is 1. The number of carbonyl (C=O) groups is 4. The fraction of sp³-hybridized carbons (Fsp3) is 0.172. The van der Waals surface area contributed by atoms with Crippen molar-refractivity contribution < 1.29 is 23.9 Å². The average molecular weight is 547 g/mol. The third-order valence-electron chi connectivity index (χ3n) is 7.48. The summed E-state index contributed by atoms with van der Waals surface area (Å²) in [5.41, 5.74) is 2.17. The van der Waals surface area contributed by atoms with E-state index < -0.39 is 47.5 Å². The van der Waals surface area contributed by atoms with Crippen LogP contribution in [0.15, 0.2) is 72.9 Å².